The second-order valence-corrected chi connectivity index (χ2v) is 8.71. The average Bonchev–Trinajstić information content (AvgIpc) is 3.30. The summed E-state index contributed by atoms with van der Waals surface area (Å²) >= 11 is 0. The van der Waals surface area contributed by atoms with Crippen molar-refractivity contribution in [3.63, 3.8) is 0 Å². The highest BCUT2D eigenvalue weighted by Gasteiger charge is 2.06. The van der Waals surface area contributed by atoms with Crippen molar-refractivity contribution in [2.24, 2.45) is 5.10 Å². The first-order valence-electron chi connectivity index (χ1n) is 12.7. The van der Waals surface area contributed by atoms with E-state index in [1.54, 1.807) is 19.5 Å². The molecular weight excluding hydrogens is 412 g/mol. The molecule has 0 atom stereocenters. The average molecular weight is 455 g/mol. The number of nitrogens with one attached hydrogen (secondary N) is 2. The van der Waals surface area contributed by atoms with Crippen molar-refractivity contribution in [2.75, 3.05) is 7.11 Å². The number of carbonyl (C=O) groups is 1. The van der Waals surface area contributed by atoms with Gasteiger partial charge in [-0.1, -0.05) is 84.0 Å². The van der Waals surface area contributed by atoms with Gasteiger partial charge in [0.1, 0.15) is 5.75 Å². The minimum Gasteiger partial charge on any atom is -0.497 e. The first-order chi connectivity index (χ1) is 16.2. The normalized spacial score (nSPS) is 11.2. The van der Waals surface area contributed by atoms with Crippen LogP contribution in [0, 0.1) is 0 Å². The first kappa shape index (κ1) is 26.6. The van der Waals surface area contributed by atoms with Gasteiger partial charge >= 0.3 is 0 Å². The number of H-pyrrole nitrogens is 1. The van der Waals surface area contributed by atoms with Gasteiger partial charge in [0.05, 0.1) is 25.2 Å². The Kier molecular flexibility index (Phi) is 13.7. The third kappa shape index (κ3) is 11.2. The van der Waals surface area contributed by atoms with E-state index >= 15 is 0 Å². The Bertz CT molecular complexity index is 799. The number of carbonyl (C=O) groups excluding carboxylic acids is 1. The molecule has 0 aliphatic carbocycles. The zero-order valence-electron chi connectivity index (χ0n) is 20.6. The van der Waals surface area contributed by atoms with E-state index in [1.807, 2.05) is 24.3 Å². The summed E-state index contributed by atoms with van der Waals surface area (Å²) in [6, 6.07) is 7.71. The molecule has 2 aromatic rings. The first-order valence-corrected chi connectivity index (χ1v) is 12.7. The lowest BCUT2D eigenvalue weighted by Crippen LogP contribution is -2.16. The minimum absolute atomic E-state index is 0.0381. The molecule has 33 heavy (non-hydrogen) atoms. The van der Waals surface area contributed by atoms with Gasteiger partial charge in [-0.15, -0.1) is 0 Å². The second kappa shape index (κ2) is 16.9. The lowest BCUT2D eigenvalue weighted by molar-refractivity contribution is -0.121. The molecule has 0 radical (unpaired) electrons. The van der Waals surface area contributed by atoms with Gasteiger partial charge in [0.2, 0.25) is 5.91 Å². The van der Waals surface area contributed by atoms with E-state index in [0.29, 0.717) is 6.42 Å². The van der Waals surface area contributed by atoms with Crippen LogP contribution in [-0.4, -0.2) is 29.4 Å². The van der Waals surface area contributed by atoms with Crippen LogP contribution >= 0.6 is 0 Å². The maximum atomic E-state index is 12.0. The van der Waals surface area contributed by atoms with Crippen LogP contribution in [0.3, 0.4) is 0 Å². The Hall–Kier alpha value is -2.63. The molecule has 2 rings (SSSR count). The predicted octanol–water partition coefficient (Wildman–Crippen LogP) is 7.02. The molecule has 0 spiro atoms. The van der Waals surface area contributed by atoms with Crippen molar-refractivity contribution in [1.82, 2.24) is 15.6 Å². The number of hydrogen-bond donors (Lipinski definition) is 2. The van der Waals surface area contributed by atoms with Gasteiger partial charge < -0.3 is 4.74 Å². The smallest absolute Gasteiger partial charge is 0.240 e. The Labute approximate surface area is 199 Å². The van der Waals surface area contributed by atoms with E-state index in [4.69, 9.17) is 4.74 Å². The van der Waals surface area contributed by atoms with Gasteiger partial charge in [-0.05, 0) is 30.7 Å². The summed E-state index contributed by atoms with van der Waals surface area (Å²) in [4.78, 5) is 12.0. The summed E-state index contributed by atoms with van der Waals surface area (Å²) in [5.74, 6) is 0.762. The number of hydrogen-bond acceptors (Lipinski definition) is 4. The molecule has 6 nitrogen and oxygen atoms in total. The van der Waals surface area contributed by atoms with Crippen LogP contribution in [0.15, 0.2) is 35.6 Å². The molecule has 0 bridgehead atoms. The zero-order chi connectivity index (χ0) is 23.6. The molecule has 1 aromatic heterocycles. The Morgan fingerprint density at radius 2 is 1.52 bits per heavy atom. The van der Waals surface area contributed by atoms with Gasteiger partial charge in [-0.3, -0.25) is 9.89 Å². The number of methoxy groups -OCH3 is 1. The van der Waals surface area contributed by atoms with E-state index in [1.165, 1.54) is 70.6 Å². The largest absolute Gasteiger partial charge is 0.497 e. The Morgan fingerprint density at radius 1 is 0.939 bits per heavy atom. The van der Waals surface area contributed by atoms with Crippen molar-refractivity contribution >= 4 is 12.1 Å². The fourth-order valence-electron chi connectivity index (χ4n) is 3.92. The fourth-order valence-corrected chi connectivity index (χ4v) is 3.92. The maximum Gasteiger partial charge on any atom is 0.240 e. The van der Waals surface area contributed by atoms with Crippen LogP contribution in [0.5, 0.6) is 5.75 Å². The van der Waals surface area contributed by atoms with Crippen LogP contribution in [0.4, 0.5) is 0 Å². The van der Waals surface area contributed by atoms with Crippen LogP contribution in [0.25, 0.3) is 11.3 Å². The zero-order valence-corrected chi connectivity index (χ0v) is 20.6. The second-order valence-electron chi connectivity index (χ2n) is 8.71. The topological polar surface area (TPSA) is 79.4 Å². The quantitative estimate of drug-likeness (QED) is 0.144. The molecule has 6 heteroatoms. The minimum atomic E-state index is -0.0381. The summed E-state index contributed by atoms with van der Waals surface area (Å²) in [5.41, 5.74) is 5.28. The molecule has 0 aliphatic rings. The molecule has 0 saturated carbocycles. The molecule has 0 saturated heterocycles. The van der Waals surface area contributed by atoms with Crippen LogP contribution in [0.2, 0.25) is 0 Å². The van der Waals surface area contributed by atoms with Crippen molar-refractivity contribution in [3.05, 3.63) is 36.0 Å². The summed E-state index contributed by atoms with van der Waals surface area (Å²) in [7, 11) is 1.64. The summed E-state index contributed by atoms with van der Waals surface area (Å²) in [6.45, 7) is 2.27. The SMILES string of the molecule is CCCCCCCCCCCCCCCC(=O)NN=Cc1cn[nH]c1-c1ccc(OC)cc1. The van der Waals surface area contributed by atoms with Crippen molar-refractivity contribution in [2.45, 2.75) is 96.8 Å². The number of aromatic nitrogens is 2. The highest BCUT2D eigenvalue weighted by atomic mass is 16.5. The molecule has 0 unspecified atom stereocenters. The number of benzene rings is 1. The third-order valence-corrected chi connectivity index (χ3v) is 5.95. The molecule has 1 amide bonds. The maximum absolute atomic E-state index is 12.0. The number of hydrazone groups is 1. The molecule has 182 valence electrons. The van der Waals surface area contributed by atoms with Crippen LogP contribution in [-0.2, 0) is 4.79 Å². The van der Waals surface area contributed by atoms with Crippen LogP contribution in [0.1, 0.15) is 102 Å². The third-order valence-electron chi connectivity index (χ3n) is 5.95. The predicted molar refractivity (Wildman–Crippen MR) is 137 cm³/mol. The van der Waals surface area contributed by atoms with Crippen molar-refractivity contribution < 1.29 is 9.53 Å². The number of unbranched alkanes of at least 4 members (excludes halogenated alkanes) is 12. The van der Waals surface area contributed by atoms with Gasteiger partial charge in [0.25, 0.3) is 0 Å². The highest BCUT2D eigenvalue weighted by Crippen LogP contribution is 2.22. The lowest BCUT2D eigenvalue weighted by atomic mass is 10.0. The summed E-state index contributed by atoms with van der Waals surface area (Å²) in [5, 5.41) is 11.2. The van der Waals surface area contributed by atoms with Gasteiger partial charge in [-0.2, -0.15) is 10.2 Å². The lowest BCUT2D eigenvalue weighted by Gasteiger charge is -2.03. The van der Waals surface area contributed by atoms with E-state index in [0.717, 1.165) is 35.4 Å². The molecule has 1 heterocycles. The molecule has 0 aliphatic heterocycles. The number of rotatable bonds is 18. The molecule has 2 N–H and O–H groups in total. The summed E-state index contributed by atoms with van der Waals surface area (Å²) < 4.78 is 5.20. The molecular formula is C27H42N4O2. The number of ether oxygens (including phenoxy) is 1. The van der Waals surface area contributed by atoms with E-state index in [9.17, 15) is 4.79 Å². The van der Waals surface area contributed by atoms with Crippen molar-refractivity contribution in [1.29, 1.82) is 0 Å². The van der Waals surface area contributed by atoms with Crippen LogP contribution < -0.4 is 10.2 Å². The number of amides is 1. The number of nitrogens with zero attached hydrogens (tertiary/aromatic N) is 2. The van der Waals surface area contributed by atoms with Gasteiger partial charge in [-0.25, -0.2) is 5.43 Å². The Morgan fingerprint density at radius 3 is 2.09 bits per heavy atom. The Balaban J connectivity index is 1.52. The highest BCUT2D eigenvalue weighted by molar-refractivity contribution is 5.89. The van der Waals surface area contributed by atoms with Gasteiger partial charge in [0, 0.05) is 17.5 Å². The van der Waals surface area contributed by atoms with E-state index in [2.05, 4.69) is 27.6 Å². The van der Waals surface area contributed by atoms with E-state index < -0.39 is 0 Å². The van der Waals surface area contributed by atoms with Crippen molar-refractivity contribution in [3.8, 4) is 17.0 Å². The molecule has 0 fully saturated rings. The van der Waals surface area contributed by atoms with Gasteiger partial charge in [0.15, 0.2) is 0 Å². The molecule has 1 aromatic carbocycles. The monoisotopic (exact) mass is 454 g/mol. The fraction of sp³-hybridized carbons (Fsp3) is 0.593. The summed E-state index contributed by atoms with van der Waals surface area (Å²) in [6.07, 6.45) is 20.8. The number of aromatic amines is 1. The standard InChI is InChI=1S/C27H42N4O2/c1-3-4-5-6-7-8-9-10-11-12-13-14-15-16-26(32)30-28-21-24-22-29-31-27(24)23-17-19-25(33-2)20-18-23/h17-22H,3-16H2,1-2H3,(H,29,31)(H,30,32). The van der Waals surface area contributed by atoms with E-state index in [-0.39, 0.29) is 5.91 Å².